The average molecular weight is 799 g/mol. The Bertz CT molecular complexity index is 889. The van der Waals surface area contributed by atoms with Gasteiger partial charge in [-0.2, -0.15) is 0 Å². The first kappa shape index (κ1) is 55.4. The average Bonchev–Trinajstić information content (AvgIpc) is 3.22. The Morgan fingerprint density at radius 3 is 1.09 bits per heavy atom. The van der Waals surface area contributed by atoms with Crippen LogP contribution < -0.4 is 0 Å². The Morgan fingerprint density at radius 1 is 0.421 bits per heavy atom. The van der Waals surface area contributed by atoms with Crippen LogP contribution >= 0.6 is 0 Å². The molecule has 0 rings (SSSR count). The molecule has 0 aromatic rings. The molecule has 0 aliphatic heterocycles. The van der Waals surface area contributed by atoms with Gasteiger partial charge in [-0.05, 0) is 77.0 Å². The van der Waals surface area contributed by atoms with Gasteiger partial charge in [0, 0.05) is 13.0 Å². The molecule has 0 saturated carbocycles. The van der Waals surface area contributed by atoms with Gasteiger partial charge in [0.2, 0.25) is 0 Å². The van der Waals surface area contributed by atoms with Crippen LogP contribution in [-0.2, 0) is 14.3 Å². The predicted molar refractivity (Wildman–Crippen MR) is 251 cm³/mol. The maximum absolute atomic E-state index is 12.3. The van der Waals surface area contributed by atoms with Gasteiger partial charge in [-0.15, -0.1) is 0 Å². The highest BCUT2D eigenvalue weighted by atomic mass is 16.6. The second-order valence-corrected chi connectivity index (χ2v) is 16.9. The maximum Gasteiger partial charge on any atom is 0.306 e. The van der Waals surface area contributed by atoms with Gasteiger partial charge < -0.3 is 14.6 Å². The van der Waals surface area contributed by atoms with Crippen molar-refractivity contribution in [2.75, 3.05) is 19.8 Å². The third kappa shape index (κ3) is 48.6. The van der Waals surface area contributed by atoms with Gasteiger partial charge in [-0.3, -0.25) is 4.79 Å². The monoisotopic (exact) mass is 799 g/mol. The number of allylic oxidation sites excluding steroid dienone is 8. The topological polar surface area (TPSA) is 55.8 Å². The molecule has 1 atom stereocenters. The minimum atomic E-state index is -0.538. The van der Waals surface area contributed by atoms with Gasteiger partial charge in [0.1, 0.15) is 6.10 Å². The molecule has 0 aliphatic carbocycles. The van der Waals surface area contributed by atoms with Crippen molar-refractivity contribution in [3.8, 4) is 0 Å². The number of esters is 1. The molecule has 0 radical (unpaired) electrons. The van der Waals surface area contributed by atoms with E-state index in [1.54, 1.807) is 0 Å². The summed E-state index contributed by atoms with van der Waals surface area (Å²) < 4.78 is 11.2. The van der Waals surface area contributed by atoms with Crippen LogP contribution in [0.2, 0.25) is 0 Å². The van der Waals surface area contributed by atoms with Crippen LogP contribution in [-0.4, -0.2) is 37.0 Å². The normalized spacial score (nSPS) is 12.7. The standard InChI is InChI=1S/C53H98O4/c1-3-5-7-9-11-13-15-17-19-21-23-25-27-28-30-32-34-36-38-40-42-44-46-48-53(55)57-52(50-54)51-56-49-47-45-43-41-39-37-35-33-31-29-26-24-22-20-18-16-14-12-10-8-6-4-2/h15-18,21-24,52,54H,3-14,19-20,25-51H2,1-2H3/b17-15-,18-16-,23-21-,24-22-. The van der Waals surface area contributed by atoms with Gasteiger partial charge in [0.15, 0.2) is 0 Å². The summed E-state index contributed by atoms with van der Waals surface area (Å²) in [6, 6.07) is 0. The molecular weight excluding hydrogens is 701 g/mol. The summed E-state index contributed by atoms with van der Waals surface area (Å²) >= 11 is 0. The number of carbonyl (C=O) groups is 1. The molecule has 0 aromatic carbocycles. The summed E-state index contributed by atoms with van der Waals surface area (Å²) in [6.45, 7) is 5.35. The van der Waals surface area contributed by atoms with Crippen molar-refractivity contribution >= 4 is 5.97 Å². The van der Waals surface area contributed by atoms with Crippen molar-refractivity contribution in [2.24, 2.45) is 0 Å². The third-order valence-corrected chi connectivity index (χ3v) is 11.1. The fourth-order valence-corrected chi connectivity index (χ4v) is 7.33. The molecule has 0 spiro atoms. The van der Waals surface area contributed by atoms with Crippen molar-refractivity contribution in [1.29, 1.82) is 0 Å². The number of unbranched alkanes of at least 4 members (excludes halogenated alkanes) is 31. The van der Waals surface area contributed by atoms with E-state index < -0.39 is 6.10 Å². The molecule has 0 heterocycles. The van der Waals surface area contributed by atoms with Crippen molar-refractivity contribution < 1.29 is 19.4 Å². The van der Waals surface area contributed by atoms with Crippen LogP contribution in [0.25, 0.3) is 0 Å². The van der Waals surface area contributed by atoms with Crippen LogP contribution in [0.1, 0.15) is 258 Å². The maximum atomic E-state index is 12.3. The Balaban J connectivity index is 3.41. The molecule has 0 aromatic heterocycles. The minimum Gasteiger partial charge on any atom is -0.457 e. The Kier molecular flexibility index (Phi) is 49.0. The smallest absolute Gasteiger partial charge is 0.306 e. The van der Waals surface area contributed by atoms with E-state index in [1.807, 2.05) is 0 Å². The highest BCUT2D eigenvalue weighted by molar-refractivity contribution is 5.69. The second-order valence-electron chi connectivity index (χ2n) is 16.9. The summed E-state index contributed by atoms with van der Waals surface area (Å²) in [5.41, 5.74) is 0. The fourth-order valence-electron chi connectivity index (χ4n) is 7.33. The number of aliphatic hydroxyl groups is 1. The lowest BCUT2D eigenvalue weighted by Crippen LogP contribution is -2.27. The summed E-state index contributed by atoms with van der Waals surface area (Å²) in [7, 11) is 0. The highest BCUT2D eigenvalue weighted by Gasteiger charge is 2.13. The quantitative estimate of drug-likeness (QED) is 0.0378. The van der Waals surface area contributed by atoms with E-state index in [9.17, 15) is 9.90 Å². The van der Waals surface area contributed by atoms with E-state index in [0.717, 1.165) is 32.1 Å². The fraction of sp³-hybridized carbons (Fsp3) is 0.830. The number of hydrogen-bond donors (Lipinski definition) is 1. The van der Waals surface area contributed by atoms with E-state index in [2.05, 4.69) is 62.5 Å². The van der Waals surface area contributed by atoms with E-state index in [1.165, 1.54) is 205 Å². The first-order valence-corrected chi connectivity index (χ1v) is 25.2. The van der Waals surface area contributed by atoms with Crippen LogP contribution in [0.4, 0.5) is 0 Å². The minimum absolute atomic E-state index is 0.173. The molecule has 334 valence electrons. The molecule has 0 amide bonds. The van der Waals surface area contributed by atoms with Gasteiger partial charge in [-0.25, -0.2) is 0 Å². The second kappa shape index (κ2) is 50.5. The summed E-state index contributed by atoms with van der Waals surface area (Å²) in [4.78, 5) is 12.3. The van der Waals surface area contributed by atoms with E-state index in [4.69, 9.17) is 9.47 Å². The van der Waals surface area contributed by atoms with Crippen LogP contribution in [0.3, 0.4) is 0 Å². The zero-order valence-corrected chi connectivity index (χ0v) is 38.4. The molecule has 1 unspecified atom stereocenters. The predicted octanol–water partition coefficient (Wildman–Crippen LogP) is 17.0. The van der Waals surface area contributed by atoms with Gasteiger partial charge in [0.05, 0.1) is 13.2 Å². The van der Waals surface area contributed by atoms with E-state index in [0.29, 0.717) is 19.6 Å². The van der Waals surface area contributed by atoms with Gasteiger partial charge in [0.25, 0.3) is 0 Å². The molecule has 0 aliphatic rings. The van der Waals surface area contributed by atoms with Crippen molar-refractivity contribution in [3.05, 3.63) is 48.6 Å². The lowest BCUT2D eigenvalue weighted by Gasteiger charge is -2.16. The molecule has 4 heteroatoms. The van der Waals surface area contributed by atoms with Crippen molar-refractivity contribution in [3.63, 3.8) is 0 Å². The zero-order chi connectivity index (χ0) is 41.2. The SMILES string of the molecule is CCCCCCC/C=C\C/C=C\CCCCCCCCCCCCCC(=O)OC(CO)COCCCCCCCCCCCC/C=C\C/C=C\CCCCCCC. The molecule has 0 bridgehead atoms. The number of carbonyl (C=O) groups excluding carboxylic acids is 1. The Morgan fingerprint density at radius 2 is 0.737 bits per heavy atom. The Hall–Kier alpha value is -1.65. The lowest BCUT2D eigenvalue weighted by atomic mass is 10.0. The zero-order valence-electron chi connectivity index (χ0n) is 38.4. The summed E-state index contributed by atoms with van der Waals surface area (Å²) in [5.74, 6) is -0.202. The van der Waals surface area contributed by atoms with Crippen LogP contribution in [0.5, 0.6) is 0 Å². The Labute approximate surface area is 356 Å². The number of aliphatic hydroxyl groups excluding tert-OH is 1. The van der Waals surface area contributed by atoms with Crippen LogP contribution in [0, 0.1) is 0 Å². The molecule has 0 saturated heterocycles. The number of ether oxygens (including phenoxy) is 2. The molecule has 0 fully saturated rings. The molecule has 4 nitrogen and oxygen atoms in total. The van der Waals surface area contributed by atoms with Crippen LogP contribution in [0.15, 0.2) is 48.6 Å². The molecule has 57 heavy (non-hydrogen) atoms. The first-order chi connectivity index (χ1) is 28.2. The molecule has 1 N–H and O–H groups in total. The number of rotatable bonds is 47. The van der Waals surface area contributed by atoms with Crippen molar-refractivity contribution in [2.45, 2.75) is 264 Å². The first-order valence-electron chi connectivity index (χ1n) is 25.2. The third-order valence-electron chi connectivity index (χ3n) is 11.1. The summed E-state index contributed by atoms with van der Waals surface area (Å²) in [5, 5.41) is 9.65. The van der Waals surface area contributed by atoms with Gasteiger partial charge >= 0.3 is 5.97 Å². The molecular formula is C53H98O4. The lowest BCUT2D eigenvalue weighted by molar-refractivity contribution is -0.154. The van der Waals surface area contributed by atoms with E-state index in [-0.39, 0.29) is 12.6 Å². The number of hydrogen-bond acceptors (Lipinski definition) is 4. The largest absolute Gasteiger partial charge is 0.457 e. The van der Waals surface area contributed by atoms with Gasteiger partial charge in [-0.1, -0.05) is 223 Å². The summed E-state index contributed by atoms with van der Waals surface area (Å²) in [6.07, 6.45) is 66.2. The highest BCUT2D eigenvalue weighted by Crippen LogP contribution is 2.15. The van der Waals surface area contributed by atoms with E-state index >= 15 is 0 Å². The van der Waals surface area contributed by atoms with Crippen molar-refractivity contribution in [1.82, 2.24) is 0 Å².